The van der Waals surface area contributed by atoms with Gasteiger partial charge >= 0.3 is 0 Å². The summed E-state index contributed by atoms with van der Waals surface area (Å²) in [5.74, 6) is 0. The Morgan fingerprint density at radius 2 is 1.64 bits per heavy atom. The van der Waals surface area contributed by atoms with Gasteiger partial charge in [-0.05, 0) is 25.0 Å². The largest absolute Gasteiger partial charge is 0.291 e. The van der Waals surface area contributed by atoms with Crippen LogP contribution in [-0.4, -0.2) is 36.2 Å². The van der Waals surface area contributed by atoms with Crippen molar-refractivity contribution < 1.29 is 4.59 Å². The highest BCUT2D eigenvalue weighted by Crippen LogP contribution is 2.41. The molecule has 2 heterocycles. The minimum absolute atomic E-state index is 0.0385. The second-order valence-corrected chi connectivity index (χ2v) is 7.57. The van der Waals surface area contributed by atoms with Gasteiger partial charge in [-0.25, -0.2) is 0 Å². The first-order valence-electron chi connectivity index (χ1n) is 10.1. The van der Waals surface area contributed by atoms with E-state index in [0.29, 0.717) is 4.59 Å². The van der Waals surface area contributed by atoms with E-state index in [1.54, 1.807) is 0 Å². The molecule has 0 spiro atoms. The average molecular weight is 343 g/mol. The molecule has 0 aromatic carbocycles. The predicted molar refractivity (Wildman–Crippen MR) is 110 cm³/mol. The SMILES string of the molecule is C=CC[N+]1(CC=C)C=C2CN=CC(CCCCC)(CCCCC)C2=N1. The molecule has 0 radical (unpaired) electrons. The first-order chi connectivity index (χ1) is 12.2. The van der Waals surface area contributed by atoms with E-state index in [1.807, 2.05) is 12.2 Å². The van der Waals surface area contributed by atoms with E-state index in [9.17, 15) is 0 Å². The van der Waals surface area contributed by atoms with Crippen molar-refractivity contribution >= 4 is 11.9 Å². The summed E-state index contributed by atoms with van der Waals surface area (Å²) in [5.41, 5.74) is 2.68. The molecule has 0 saturated heterocycles. The van der Waals surface area contributed by atoms with Crippen LogP contribution >= 0.6 is 0 Å². The summed E-state index contributed by atoms with van der Waals surface area (Å²) in [6.07, 6.45) is 18.4. The maximum Gasteiger partial charge on any atom is 0.130 e. The number of aliphatic imine (C=N–C) groups is 1. The van der Waals surface area contributed by atoms with E-state index in [4.69, 9.17) is 10.1 Å². The molecule has 0 fully saturated rings. The Morgan fingerprint density at radius 3 is 2.16 bits per heavy atom. The van der Waals surface area contributed by atoms with Crippen molar-refractivity contribution in [3.05, 3.63) is 37.1 Å². The topological polar surface area (TPSA) is 24.7 Å². The Balaban J connectivity index is 2.35. The fourth-order valence-electron chi connectivity index (χ4n) is 4.14. The minimum Gasteiger partial charge on any atom is -0.291 e. The van der Waals surface area contributed by atoms with Crippen molar-refractivity contribution in [2.45, 2.75) is 65.2 Å². The fraction of sp³-hybridized carbons (Fsp3) is 0.636. The molecule has 0 saturated carbocycles. The molecule has 25 heavy (non-hydrogen) atoms. The van der Waals surface area contributed by atoms with Crippen LogP contribution in [0.4, 0.5) is 0 Å². The molecule has 2 aliphatic heterocycles. The standard InChI is InChI=1S/C22H36N3/c1-5-9-11-13-22(14-12-10-6-2)19-23-17-20-18-25(15-7-3,16-8-4)24-21(20)22/h7-8,18-19H,3-6,9-17H2,1-2H3/q+1. The lowest BCUT2D eigenvalue weighted by molar-refractivity contribution is -0.872. The van der Waals surface area contributed by atoms with Gasteiger partial charge in [-0.2, -0.15) is 4.59 Å². The Kier molecular flexibility index (Phi) is 7.37. The summed E-state index contributed by atoms with van der Waals surface area (Å²) >= 11 is 0. The Hall–Kier alpha value is -1.48. The van der Waals surface area contributed by atoms with Crippen LogP contribution in [0.15, 0.2) is 47.2 Å². The fourth-order valence-corrected chi connectivity index (χ4v) is 4.14. The van der Waals surface area contributed by atoms with E-state index < -0.39 is 0 Å². The normalized spacial score (nSPS) is 19.9. The predicted octanol–water partition coefficient (Wildman–Crippen LogP) is 5.66. The van der Waals surface area contributed by atoms with Crippen molar-refractivity contribution in [2.75, 3.05) is 19.6 Å². The van der Waals surface area contributed by atoms with Gasteiger partial charge in [-0.3, -0.25) is 4.99 Å². The lowest BCUT2D eigenvalue weighted by Crippen LogP contribution is -2.39. The summed E-state index contributed by atoms with van der Waals surface area (Å²) in [6.45, 7) is 14.8. The monoisotopic (exact) mass is 342 g/mol. The zero-order chi connectivity index (χ0) is 18.2. The van der Waals surface area contributed by atoms with Gasteiger partial charge in [0.2, 0.25) is 0 Å². The lowest BCUT2D eigenvalue weighted by atomic mass is 9.71. The van der Waals surface area contributed by atoms with Crippen LogP contribution in [0.3, 0.4) is 0 Å². The Bertz CT molecular complexity index is 534. The molecular weight excluding hydrogens is 306 g/mol. The molecule has 3 nitrogen and oxygen atoms in total. The molecule has 2 rings (SSSR count). The van der Waals surface area contributed by atoms with Crippen LogP contribution in [0, 0.1) is 5.41 Å². The van der Waals surface area contributed by atoms with Crippen LogP contribution in [0.1, 0.15) is 65.2 Å². The van der Waals surface area contributed by atoms with E-state index in [1.165, 1.54) is 62.7 Å². The molecule has 0 unspecified atom stereocenters. The second kappa shape index (κ2) is 9.28. The lowest BCUT2D eigenvalue weighted by Gasteiger charge is -2.33. The highest BCUT2D eigenvalue weighted by molar-refractivity contribution is 6.15. The quantitative estimate of drug-likeness (QED) is 0.248. The van der Waals surface area contributed by atoms with E-state index >= 15 is 0 Å². The van der Waals surface area contributed by atoms with Crippen LogP contribution < -0.4 is 0 Å². The Labute approximate surface area is 154 Å². The Morgan fingerprint density at radius 1 is 1.04 bits per heavy atom. The van der Waals surface area contributed by atoms with Gasteiger partial charge in [-0.1, -0.05) is 70.6 Å². The van der Waals surface area contributed by atoms with Gasteiger partial charge in [0.1, 0.15) is 25.0 Å². The van der Waals surface area contributed by atoms with Gasteiger partial charge in [0.25, 0.3) is 0 Å². The average Bonchev–Trinajstić information content (AvgIpc) is 2.96. The molecular formula is C22H36N3+. The third-order valence-electron chi connectivity index (χ3n) is 5.41. The van der Waals surface area contributed by atoms with Gasteiger partial charge < -0.3 is 0 Å². The number of nitrogens with zero attached hydrogens (tertiary/aromatic N) is 3. The molecule has 0 N–H and O–H groups in total. The van der Waals surface area contributed by atoms with Gasteiger partial charge in [0, 0.05) is 6.21 Å². The number of unbranched alkanes of at least 4 members (excludes halogenated alkanes) is 4. The summed E-state index contributed by atoms with van der Waals surface area (Å²) in [5, 5.41) is 5.26. The zero-order valence-corrected chi connectivity index (χ0v) is 16.3. The molecule has 0 aromatic heterocycles. The third-order valence-corrected chi connectivity index (χ3v) is 5.41. The first kappa shape index (κ1) is 19.8. The molecule has 0 aromatic rings. The molecule has 138 valence electrons. The van der Waals surface area contributed by atoms with Crippen LogP contribution in [0.5, 0.6) is 0 Å². The summed E-state index contributed by atoms with van der Waals surface area (Å²) in [6, 6.07) is 0. The number of hydrogen-bond donors (Lipinski definition) is 0. The van der Waals surface area contributed by atoms with Crippen LogP contribution in [-0.2, 0) is 0 Å². The molecule has 0 bridgehead atoms. The second-order valence-electron chi connectivity index (χ2n) is 7.57. The van der Waals surface area contributed by atoms with Crippen molar-refractivity contribution in [3.8, 4) is 0 Å². The summed E-state index contributed by atoms with van der Waals surface area (Å²) in [7, 11) is 0. The van der Waals surface area contributed by atoms with E-state index in [2.05, 4.69) is 39.4 Å². The smallest absolute Gasteiger partial charge is 0.130 e. The van der Waals surface area contributed by atoms with Crippen molar-refractivity contribution in [1.82, 2.24) is 0 Å². The van der Waals surface area contributed by atoms with Gasteiger partial charge in [-0.15, -0.1) is 0 Å². The highest BCUT2D eigenvalue weighted by Gasteiger charge is 2.45. The number of quaternary nitrogens is 1. The van der Waals surface area contributed by atoms with Crippen molar-refractivity contribution in [2.24, 2.45) is 15.5 Å². The van der Waals surface area contributed by atoms with Crippen LogP contribution in [0.2, 0.25) is 0 Å². The van der Waals surface area contributed by atoms with Crippen molar-refractivity contribution in [3.63, 3.8) is 0 Å². The molecule has 0 atom stereocenters. The van der Waals surface area contributed by atoms with E-state index in [-0.39, 0.29) is 5.41 Å². The maximum absolute atomic E-state index is 5.26. The molecule has 2 aliphatic rings. The maximum atomic E-state index is 5.26. The third kappa shape index (κ3) is 4.58. The molecule has 3 heteroatoms. The highest BCUT2D eigenvalue weighted by atomic mass is 15.6. The first-order valence-corrected chi connectivity index (χ1v) is 10.1. The van der Waals surface area contributed by atoms with E-state index in [0.717, 1.165) is 19.6 Å². The summed E-state index contributed by atoms with van der Waals surface area (Å²) < 4.78 is 0.588. The van der Waals surface area contributed by atoms with Crippen molar-refractivity contribution in [1.29, 1.82) is 0 Å². The number of rotatable bonds is 12. The zero-order valence-electron chi connectivity index (χ0n) is 16.3. The van der Waals surface area contributed by atoms with Crippen LogP contribution in [0.25, 0.3) is 0 Å². The van der Waals surface area contributed by atoms with Gasteiger partial charge in [0.05, 0.1) is 17.5 Å². The number of hydrogen-bond acceptors (Lipinski definition) is 2. The molecule has 0 aliphatic carbocycles. The summed E-state index contributed by atoms with van der Waals surface area (Å²) in [4.78, 5) is 4.78. The number of fused-ring (bicyclic) bond motifs is 1. The van der Waals surface area contributed by atoms with Gasteiger partial charge in [0.15, 0.2) is 0 Å². The molecule has 0 amide bonds. The minimum atomic E-state index is 0.0385.